The molecule has 1 aliphatic rings. The molecule has 2 rings (SSSR count). The Hall–Kier alpha value is -0.740. The van der Waals surface area contributed by atoms with E-state index in [4.69, 9.17) is 15.2 Å². The number of halogens is 1. The van der Waals surface area contributed by atoms with Crippen molar-refractivity contribution in [2.75, 3.05) is 13.3 Å². The van der Waals surface area contributed by atoms with Gasteiger partial charge in [0, 0.05) is 10.0 Å². The molecule has 1 heterocycles. The van der Waals surface area contributed by atoms with Gasteiger partial charge in [0.05, 0.1) is 0 Å². The van der Waals surface area contributed by atoms with Gasteiger partial charge in [0.15, 0.2) is 11.5 Å². The molecule has 0 saturated heterocycles. The van der Waals surface area contributed by atoms with Crippen LogP contribution in [0.2, 0.25) is 0 Å². The van der Waals surface area contributed by atoms with Crippen LogP contribution in [0.5, 0.6) is 11.5 Å². The summed E-state index contributed by atoms with van der Waals surface area (Å²) < 4.78 is 12.0. The van der Waals surface area contributed by atoms with Crippen LogP contribution >= 0.6 is 15.9 Å². The lowest BCUT2D eigenvalue weighted by atomic mass is 10.0. The summed E-state index contributed by atoms with van der Waals surface area (Å²) in [7, 11) is 0. The van der Waals surface area contributed by atoms with E-state index < -0.39 is 0 Å². The van der Waals surface area contributed by atoms with E-state index >= 15 is 0 Å². The Labute approximate surface area is 104 Å². The smallest absolute Gasteiger partial charge is 0.231 e. The predicted octanol–water partition coefficient (Wildman–Crippen LogP) is 2.77. The molecule has 88 valence electrons. The van der Waals surface area contributed by atoms with E-state index in [9.17, 15) is 0 Å². The molecule has 0 unspecified atom stereocenters. The Morgan fingerprint density at radius 3 is 2.94 bits per heavy atom. The lowest BCUT2D eigenvalue weighted by molar-refractivity contribution is 0.173. The molecule has 3 nitrogen and oxygen atoms in total. The van der Waals surface area contributed by atoms with Crippen molar-refractivity contribution < 1.29 is 9.47 Å². The number of nitrogens with two attached hydrogens (primary N) is 1. The molecular formula is C12H16BrNO2. The number of ether oxygens (including phenoxy) is 2. The molecule has 0 bridgehead atoms. The van der Waals surface area contributed by atoms with Crippen LogP contribution in [-0.4, -0.2) is 13.3 Å². The molecule has 1 aromatic carbocycles. The first-order chi connectivity index (χ1) is 7.74. The maximum atomic E-state index is 5.52. The van der Waals surface area contributed by atoms with Gasteiger partial charge in [0.2, 0.25) is 6.79 Å². The van der Waals surface area contributed by atoms with E-state index in [0.29, 0.717) is 6.79 Å². The molecule has 0 aliphatic carbocycles. The summed E-state index contributed by atoms with van der Waals surface area (Å²) in [4.78, 5) is 0. The van der Waals surface area contributed by atoms with E-state index in [1.54, 1.807) is 0 Å². The number of unbranched alkanes of at least 4 members (excludes halogenated alkanes) is 1. The predicted molar refractivity (Wildman–Crippen MR) is 67.0 cm³/mol. The fourth-order valence-corrected chi connectivity index (χ4v) is 2.36. The standard InChI is InChI=1S/C12H16BrNO2/c1-8-9(4-2-3-5-14)12-11(6-10(8)13)15-7-16-12/h6H,2-5,7,14H2,1H3. The van der Waals surface area contributed by atoms with Gasteiger partial charge in [0.25, 0.3) is 0 Å². The van der Waals surface area contributed by atoms with Crippen LogP contribution in [0.25, 0.3) is 0 Å². The molecule has 2 N–H and O–H groups in total. The van der Waals surface area contributed by atoms with E-state index in [1.165, 1.54) is 11.1 Å². The minimum Gasteiger partial charge on any atom is -0.454 e. The summed E-state index contributed by atoms with van der Waals surface area (Å²) in [5, 5.41) is 0. The van der Waals surface area contributed by atoms with Crippen molar-refractivity contribution in [3.63, 3.8) is 0 Å². The highest BCUT2D eigenvalue weighted by atomic mass is 79.9. The first-order valence-corrected chi connectivity index (χ1v) is 6.31. The third kappa shape index (κ3) is 2.18. The van der Waals surface area contributed by atoms with Crippen molar-refractivity contribution >= 4 is 15.9 Å². The van der Waals surface area contributed by atoms with Gasteiger partial charge in [-0.1, -0.05) is 15.9 Å². The van der Waals surface area contributed by atoms with Gasteiger partial charge < -0.3 is 15.2 Å². The number of hydrogen-bond donors (Lipinski definition) is 1. The molecule has 0 saturated carbocycles. The topological polar surface area (TPSA) is 44.5 Å². The molecule has 0 atom stereocenters. The van der Waals surface area contributed by atoms with Gasteiger partial charge in [0.1, 0.15) is 0 Å². The summed E-state index contributed by atoms with van der Waals surface area (Å²) in [6, 6.07) is 1.98. The molecule has 16 heavy (non-hydrogen) atoms. The van der Waals surface area contributed by atoms with Gasteiger partial charge in [-0.3, -0.25) is 0 Å². The molecule has 4 heteroatoms. The van der Waals surface area contributed by atoms with Gasteiger partial charge >= 0.3 is 0 Å². The van der Waals surface area contributed by atoms with Crippen LogP contribution in [-0.2, 0) is 6.42 Å². The highest BCUT2D eigenvalue weighted by Crippen LogP contribution is 2.41. The van der Waals surface area contributed by atoms with Crippen LogP contribution in [0.4, 0.5) is 0 Å². The second-order valence-electron chi connectivity index (χ2n) is 3.94. The molecular weight excluding hydrogens is 270 g/mol. The number of rotatable bonds is 4. The molecule has 1 aliphatic heterocycles. The van der Waals surface area contributed by atoms with E-state index in [0.717, 1.165) is 41.8 Å². The number of fused-ring (bicyclic) bond motifs is 1. The molecule has 0 aromatic heterocycles. The normalized spacial score (nSPS) is 13.2. The SMILES string of the molecule is Cc1c(Br)cc2c(c1CCCCN)OCO2. The third-order valence-electron chi connectivity index (χ3n) is 2.87. The maximum Gasteiger partial charge on any atom is 0.231 e. The quantitative estimate of drug-likeness (QED) is 0.866. The fourth-order valence-electron chi connectivity index (χ4n) is 1.92. The van der Waals surface area contributed by atoms with Crippen LogP contribution in [0.1, 0.15) is 24.0 Å². The van der Waals surface area contributed by atoms with Crippen LogP contribution in [0.15, 0.2) is 10.5 Å². The highest BCUT2D eigenvalue weighted by Gasteiger charge is 2.21. The lowest BCUT2D eigenvalue weighted by Gasteiger charge is -2.11. The Morgan fingerprint density at radius 1 is 1.38 bits per heavy atom. The van der Waals surface area contributed by atoms with Crippen LogP contribution < -0.4 is 15.2 Å². The van der Waals surface area contributed by atoms with Crippen molar-refractivity contribution in [2.24, 2.45) is 5.73 Å². The van der Waals surface area contributed by atoms with Crippen molar-refractivity contribution in [2.45, 2.75) is 26.2 Å². The van der Waals surface area contributed by atoms with Gasteiger partial charge in [-0.05, 0) is 44.4 Å². The minimum absolute atomic E-state index is 0.328. The Kier molecular flexibility index (Phi) is 3.71. The summed E-state index contributed by atoms with van der Waals surface area (Å²) >= 11 is 3.55. The largest absolute Gasteiger partial charge is 0.454 e. The van der Waals surface area contributed by atoms with Crippen molar-refractivity contribution in [1.29, 1.82) is 0 Å². The fraction of sp³-hybridized carbons (Fsp3) is 0.500. The van der Waals surface area contributed by atoms with Crippen LogP contribution in [0, 0.1) is 6.92 Å². The average Bonchev–Trinajstić information content (AvgIpc) is 2.71. The molecule has 0 fully saturated rings. The first kappa shape index (κ1) is 11.7. The zero-order chi connectivity index (χ0) is 11.5. The maximum absolute atomic E-state index is 5.52. The van der Waals surface area contributed by atoms with Gasteiger partial charge in [-0.2, -0.15) is 0 Å². The van der Waals surface area contributed by atoms with E-state index in [1.807, 2.05) is 6.07 Å². The van der Waals surface area contributed by atoms with Gasteiger partial charge in [-0.15, -0.1) is 0 Å². The van der Waals surface area contributed by atoms with Gasteiger partial charge in [-0.25, -0.2) is 0 Å². The second kappa shape index (κ2) is 5.06. The Morgan fingerprint density at radius 2 is 2.19 bits per heavy atom. The Balaban J connectivity index is 2.27. The average molecular weight is 286 g/mol. The summed E-state index contributed by atoms with van der Waals surface area (Å²) in [6.45, 7) is 3.17. The third-order valence-corrected chi connectivity index (χ3v) is 3.69. The number of benzene rings is 1. The zero-order valence-corrected chi connectivity index (χ0v) is 11.0. The summed E-state index contributed by atoms with van der Waals surface area (Å²) in [5.74, 6) is 1.76. The van der Waals surface area contributed by atoms with Crippen molar-refractivity contribution in [3.8, 4) is 11.5 Å². The monoisotopic (exact) mass is 285 g/mol. The first-order valence-electron chi connectivity index (χ1n) is 5.51. The van der Waals surface area contributed by atoms with Crippen molar-refractivity contribution in [3.05, 3.63) is 21.7 Å². The molecule has 0 radical (unpaired) electrons. The van der Waals surface area contributed by atoms with Crippen LogP contribution in [0.3, 0.4) is 0 Å². The molecule has 0 amide bonds. The summed E-state index contributed by atoms with van der Waals surface area (Å²) in [5.41, 5.74) is 7.99. The van der Waals surface area contributed by atoms with E-state index in [-0.39, 0.29) is 0 Å². The highest BCUT2D eigenvalue weighted by molar-refractivity contribution is 9.10. The molecule has 0 spiro atoms. The molecule has 1 aromatic rings. The van der Waals surface area contributed by atoms with Crippen molar-refractivity contribution in [1.82, 2.24) is 0 Å². The lowest BCUT2D eigenvalue weighted by Crippen LogP contribution is -2.01. The summed E-state index contributed by atoms with van der Waals surface area (Å²) in [6.07, 6.45) is 3.12. The minimum atomic E-state index is 0.328. The Bertz CT molecular complexity index is 393. The number of hydrogen-bond acceptors (Lipinski definition) is 3. The van der Waals surface area contributed by atoms with E-state index in [2.05, 4.69) is 22.9 Å². The second-order valence-corrected chi connectivity index (χ2v) is 4.80. The zero-order valence-electron chi connectivity index (χ0n) is 9.38.